The molecule has 0 aliphatic carbocycles. The van der Waals surface area contributed by atoms with E-state index >= 15 is 0 Å². The van der Waals surface area contributed by atoms with Gasteiger partial charge in [-0.25, -0.2) is 8.42 Å². The van der Waals surface area contributed by atoms with Crippen LogP contribution >= 0.6 is 0 Å². The molecule has 0 amide bonds. The number of fused-ring (bicyclic) bond motifs is 1. The number of aromatic nitrogens is 1. The summed E-state index contributed by atoms with van der Waals surface area (Å²) < 4.78 is 27.6. The Kier molecular flexibility index (Phi) is 4.71. The van der Waals surface area contributed by atoms with Crippen molar-refractivity contribution in [3.63, 3.8) is 0 Å². The summed E-state index contributed by atoms with van der Waals surface area (Å²) in [6, 6.07) is 23.7. The van der Waals surface area contributed by atoms with Gasteiger partial charge in [0, 0.05) is 23.0 Å². The van der Waals surface area contributed by atoms with Gasteiger partial charge in [0.15, 0.2) is 0 Å². The van der Waals surface area contributed by atoms with Crippen LogP contribution in [0.25, 0.3) is 10.9 Å². The van der Waals surface area contributed by atoms with Crippen LogP contribution < -0.4 is 10.0 Å². The molecule has 0 bridgehead atoms. The van der Waals surface area contributed by atoms with Crippen molar-refractivity contribution in [2.45, 2.75) is 11.8 Å². The van der Waals surface area contributed by atoms with Crippen LogP contribution in [0, 0.1) is 6.92 Å². The molecule has 0 saturated carbocycles. The van der Waals surface area contributed by atoms with Crippen LogP contribution in [0.1, 0.15) is 5.56 Å². The summed E-state index contributed by atoms with van der Waals surface area (Å²) in [6.07, 6.45) is 1.76. The number of aryl methyl sites for hydroxylation is 1. The predicted octanol–water partition coefficient (Wildman–Crippen LogP) is 5.09. The number of nitrogens with one attached hydrogen (secondary N) is 2. The molecular formula is C22H19N3O2S. The number of anilines is 3. The third-order valence-electron chi connectivity index (χ3n) is 4.38. The lowest BCUT2D eigenvalue weighted by Gasteiger charge is -2.11. The maximum atomic E-state index is 12.5. The van der Waals surface area contributed by atoms with Gasteiger partial charge in [-0.05, 0) is 55.5 Å². The van der Waals surface area contributed by atoms with E-state index in [0.717, 1.165) is 27.8 Å². The second-order valence-electron chi connectivity index (χ2n) is 6.50. The van der Waals surface area contributed by atoms with E-state index in [4.69, 9.17) is 0 Å². The van der Waals surface area contributed by atoms with Crippen LogP contribution in [-0.2, 0) is 10.0 Å². The van der Waals surface area contributed by atoms with Crippen LogP contribution in [0.3, 0.4) is 0 Å². The molecule has 0 saturated heterocycles. The first-order valence-electron chi connectivity index (χ1n) is 8.82. The molecule has 140 valence electrons. The number of rotatable bonds is 5. The van der Waals surface area contributed by atoms with Gasteiger partial charge in [0.2, 0.25) is 0 Å². The van der Waals surface area contributed by atoms with Gasteiger partial charge in [-0.2, -0.15) is 0 Å². The summed E-state index contributed by atoms with van der Waals surface area (Å²) >= 11 is 0. The highest BCUT2D eigenvalue weighted by molar-refractivity contribution is 7.92. The molecule has 0 spiro atoms. The number of hydrogen-bond donors (Lipinski definition) is 2. The fourth-order valence-electron chi connectivity index (χ4n) is 2.91. The van der Waals surface area contributed by atoms with Crippen LogP contribution in [-0.4, -0.2) is 13.4 Å². The van der Waals surface area contributed by atoms with Gasteiger partial charge < -0.3 is 5.32 Å². The fourth-order valence-corrected chi connectivity index (χ4v) is 3.97. The first-order chi connectivity index (χ1) is 13.5. The Morgan fingerprint density at radius 3 is 2.21 bits per heavy atom. The zero-order valence-electron chi connectivity index (χ0n) is 15.3. The Hall–Kier alpha value is -3.38. The van der Waals surface area contributed by atoms with E-state index < -0.39 is 10.0 Å². The van der Waals surface area contributed by atoms with Crippen molar-refractivity contribution in [3.8, 4) is 0 Å². The van der Waals surface area contributed by atoms with Crippen LogP contribution in [0.4, 0.5) is 17.1 Å². The van der Waals surface area contributed by atoms with Crippen molar-refractivity contribution >= 4 is 38.0 Å². The van der Waals surface area contributed by atoms with E-state index in [9.17, 15) is 8.42 Å². The molecule has 0 radical (unpaired) electrons. The number of benzene rings is 3. The number of hydrogen-bond acceptors (Lipinski definition) is 4. The first kappa shape index (κ1) is 18.0. The highest BCUT2D eigenvalue weighted by Crippen LogP contribution is 2.26. The number of nitrogens with zero attached hydrogens (tertiary/aromatic N) is 1. The maximum absolute atomic E-state index is 12.5. The maximum Gasteiger partial charge on any atom is 0.261 e. The van der Waals surface area contributed by atoms with Gasteiger partial charge in [-0.3, -0.25) is 9.71 Å². The Bertz CT molecular complexity index is 1210. The lowest BCUT2D eigenvalue weighted by Crippen LogP contribution is -2.12. The van der Waals surface area contributed by atoms with E-state index in [1.54, 1.807) is 42.6 Å². The fraction of sp³-hybridized carbons (Fsp3) is 0.0455. The van der Waals surface area contributed by atoms with E-state index in [-0.39, 0.29) is 4.90 Å². The summed E-state index contributed by atoms with van der Waals surface area (Å²) in [5.41, 5.74) is 4.14. The molecule has 6 heteroatoms. The smallest absolute Gasteiger partial charge is 0.261 e. The predicted molar refractivity (Wildman–Crippen MR) is 113 cm³/mol. The van der Waals surface area contributed by atoms with Gasteiger partial charge in [0.05, 0.1) is 16.1 Å². The summed E-state index contributed by atoms with van der Waals surface area (Å²) in [5.74, 6) is 0. The third kappa shape index (κ3) is 3.82. The SMILES string of the molecule is Cc1ccc(S(=O)(=O)Nc2ccc(Nc3cccc4cccnc34)cc2)cc1. The zero-order chi connectivity index (χ0) is 19.6. The third-order valence-corrected chi connectivity index (χ3v) is 5.78. The minimum Gasteiger partial charge on any atom is -0.354 e. The summed E-state index contributed by atoms with van der Waals surface area (Å²) in [4.78, 5) is 4.67. The van der Waals surface area contributed by atoms with Gasteiger partial charge in [-0.15, -0.1) is 0 Å². The second-order valence-corrected chi connectivity index (χ2v) is 8.18. The molecule has 1 aromatic heterocycles. The topological polar surface area (TPSA) is 71.1 Å². The largest absolute Gasteiger partial charge is 0.354 e. The molecular weight excluding hydrogens is 370 g/mol. The number of pyridine rings is 1. The molecule has 28 heavy (non-hydrogen) atoms. The van der Waals surface area contributed by atoms with Gasteiger partial charge in [-0.1, -0.05) is 35.9 Å². The average molecular weight is 389 g/mol. The van der Waals surface area contributed by atoms with Crippen molar-refractivity contribution in [2.24, 2.45) is 0 Å². The zero-order valence-corrected chi connectivity index (χ0v) is 16.1. The average Bonchev–Trinajstić information content (AvgIpc) is 2.70. The van der Waals surface area contributed by atoms with Crippen molar-refractivity contribution in [3.05, 3.63) is 90.6 Å². The van der Waals surface area contributed by atoms with E-state index in [1.807, 2.05) is 49.4 Å². The highest BCUT2D eigenvalue weighted by Gasteiger charge is 2.13. The molecule has 1 heterocycles. The number of para-hydroxylation sites is 1. The van der Waals surface area contributed by atoms with E-state index in [1.165, 1.54) is 0 Å². The van der Waals surface area contributed by atoms with Crippen molar-refractivity contribution < 1.29 is 8.42 Å². The normalized spacial score (nSPS) is 11.3. The van der Waals surface area contributed by atoms with Gasteiger partial charge in [0.25, 0.3) is 10.0 Å². The van der Waals surface area contributed by atoms with Crippen molar-refractivity contribution in [2.75, 3.05) is 10.0 Å². The quantitative estimate of drug-likeness (QED) is 0.499. The lowest BCUT2D eigenvalue weighted by molar-refractivity contribution is 0.601. The number of sulfonamides is 1. The van der Waals surface area contributed by atoms with E-state index in [0.29, 0.717) is 5.69 Å². The molecule has 2 N–H and O–H groups in total. The minimum atomic E-state index is -3.61. The second kappa shape index (κ2) is 7.32. The molecule has 0 unspecified atom stereocenters. The van der Waals surface area contributed by atoms with Crippen LogP contribution in [0.5, 0.6) is 0 Å². The molecule has 0 aliphatic rings. The Morgan fingerprint density at radius 1 is 0.786 bits per heavy atom. The highest BCUT2D eigenvalue weighted by atomic mass is 32.2. The van der Waals surface area contributed by atoms with Crippen molar-refractivity contribution in [1.82, 2.24) is 4.98 Å². The summed E-state index contributed by atoms with van der Waals surface area (Å²) in [5, 5.41) is 4.39. The first-order valence-corrected chi connectivity index (χ1v) is 10.3. The molecule has 4 rings (SSSR count). The Morgan fingerprint density at radius 2 is 1.46 bits per heavy atom. The summed E-state index contributed by atoms with van der Waals surface area (Å²) in [6.45, 7) is 1.92. The Balaban J connectivity index is 1.53. The standard InChI is InChI=1S/C22H19N3O2S/c1-16-7-13-20(14-8-16)28(26,27)25-19-11-9-18(10-12-19)24-21-6-2-4-17-5-3-15-23-22(17)21/h2-15,24-25H,1H3. The molecule has 4 aromatic rings. The Labute approximate surface area is 164 Å². The van der Waals surface area contributed by atoms with Gasteiger partial charge >= 0.3 is 0 Å². The molecule has 0 atom stereocenters. The van der Waals surface area contributed by atoms with E-state index in [2.05, 4.69) is 15.0 Å². The minimum absolute atomic E-state index is 0.238. The summed E-state index contributed by atoms with van der Waals surface area (Å²) in [7, 11) is -3.61. The monoisotopic (exact) mass is 389 g/mol. The van der Waals surface area contributed by atoms with Crippen LogP contribution in [0.15, 0.2) is 90.0 Å². The molecule has 5 nitrogen and oxygen atoms in total. The molecule has 3 aromatic carbocycles. The van der Waals surface area contributed by atoms with Crippen LogP contribution in [0.2, 0.25) is 0 Å². The lowest BCUT2D eigenvalue weighted by atomic mass is 10.2. The molecule has 0 aliphatic heterocycles. The van der Waals surface area contributed by atoms with Gasteiger partial charge in [0.1, 0.15) is 0 Å². The van der Waals surface area contributed by atoms with Crippen molar-refractivity contribution in [1.29, 1.82) is 0 Å². The molecule has 0 fully saturated rings.